The van der Waals surface area contributed by atoms with Gasteiger partial charge in [0, 0.05) is 6.42 Å². The predicted octanol–water partition coefficient (Wildman–Crippen LogP) is 8.62. The first-order valence-corrected chi connectivity index (χ1v) is 17.8. The molecule has 7 heteroatoms. The van der Waals surface area contributed by atoms with E-state index < -0.39 is 28.0 Å². The number of amides is 1. The molecule has 0 aromatic carbocycles. The molecule has 0 aromatic heterocycles. The number of aliphatic hydroxyl groups excluding tert-OH is 1. The fourth-order valence-electron chi connectivity index (χ4n) is 4.59. The maximum Gasteiger partial charge on any atom is 0.267 e. The van der Waals surface area contributed by atoms with Gasteiger partial charge in [-0.2, -0.15) is 8.42 Å². The normalized spacial score (nSPS) is 14.0. The zero-order valence-corrected chi connectivity index (χ0v) is 26.5. The second kappa shape index (κ2) is 27.7. The molecule has 2 atom stereocenters. The molecule has 0 saturated heterocycles. The summed E-state index contributed by atoms with van der Waals surface area (Å²) < 4.78 is 32.1. The molecule has 234 valence electrons. The Bertz CT molecular complexity index is 776. The number of unbranched alkanes of at least 4 members (excludes halogenated alkanes) is 16. The van der Waals surface area contributed by atoms with Gasteiger partial charge in [-0.05, 0) is 51.4 Å². The first kappa shape index (κ1) is 38.6. The summed E-state index contributed by atoms with van der Waals surface area (Å²) in [6, 6.07) is -1.06. The fraction of sp³-hybridized carbons (Fsp3) is 0.788. The molecule has 0 saturated carbocycles. The molecule has 0 aromatic rings. The lowest BCUT2D eigenvalue weighted by Gasteiger charge is -2.21. The molecule has 0 fully saturated rings. The van der Waals surface area contributed by atoms with Crippen LogP contribution in [0.3, 0.4) is 0 Å². The predicted molar refractivity (Wildman–Crippen MR) is 170 cm³/mol. The Morgan fingerprint density at radius 3 is 1.65 bits per heavy atom. The largest absolute Gasteiger partial charge is 0.387 e. The van der Waals surface area contributed by atoms with E-state index in [9.17, 15) is 22.9 Å². The van der Waals surface area contributed by atoms with Crippen molar-refractivity contribution in [2.75, 3.05) is 5.75 Å². The van der Waals surface area contributed by atoms with Crippen LogP contribution in [0.4, 0.5) is 0 Å². The number of aliphatic hydroxyl groups is 1. The van der Waals surface area contributed by atoms with Crippen LogP contribution in [-0.4, -0.2) is 41.9 Å². The number of hydrogen-bond donors (Lipinski definition) is 3. The Kier molecular flexibility index (Phi) is 26.7. The monoisotopic (exact) mass is 583 g/mol. The first-order valence-electron chi connectivity index (χ1n) is 16.2. The highest BCUT2D eigenvalue weighted by molar-refractivity contribution is 7.85. The fourth-order valence-corrected chi connectivity index (χ4v) is 5.33. The zero-order valence-electron chi connectivity index (χ0n) is 25.7. The van der Waals surface area contributed by atoms with Crippen LogP contribution in [0.5, 0.6) is 0 Å². The van der Waals surface area contributed by atoms with E-state index in [0.717, 1.165) is 57.8 Å². The van der Waals surface area contributed by atoms with Gasteiger partial charge in [0.2, 0.25) is 5.91 Å². The van der Waals surface area contributed by atoms with Crippen LogP contribution >= 0.6 is 0 Å². The second-order valence-corrected chi connectivity index (χ2v) is 12.6. The van der Waals surface area contributed by atoms with E-state index in [4.69, 9.17) is 0 Å². The highest BCUT2D eigenvalue weighted by atomic mass is 32.2. The van der Waals surface area contributed by atoms with Gasteiger partial charge in [-0.1, -0.05) is 127 Å². The molecule has 40 heavy (non-hydrogen) atoms. The summed E-state index contributed by atoms with van der Waals surface area (Å²) in [6.45, 7) is 4.44. The molecule has 0 radical (unpaired) electrons. The van der Waals surface area contributed by atoms with Crippen LogP contribution < -0.4 is 5.32 Å². The van der Waals surface area contributed by atoms with Gasteiger partial charge in [-0.15, -0.1) is 0 Å². The third kappa shape index (κ3) is 28.1. The van der Waals surface area contributed by atoms with Crippen LogP contribution in [0.15, 0.2) is 36.5 Å². The molecule has 0 bridgehead atoms. The Hall–Kier alpha value is -1.44. The minimum absolute atomic E-state index is 0.279. The lowest BCUT2D eigenvalue weighted by molar-refractivity contribution is -0.122. The van der Waals surface area contributed by atoms with E-state index in [-0.39, 0.29) is 12.3 Å². The molecule has 6 nitrogen and oxygen atoms in total. The van der Waals surface area contributed by atoms with E-state index in [1.807, 2.05) is 6.08 Å². The van der Waals surface area contributed by atoms with Gasteiger partial charge in [0.1, 0.15) is 0 Å². The number of carbonyl (C=O) groups excluding carboxylic acids is 1. The van der Waals surface area contributed by atoms with Crippen LogP contribution in [0, 0.1) is 0 Å². The summed E-state index contributed by atoms with van der Waals surface area (Å²) in [5.41, 5.74) is 0. The van der Waals surface area contributed by atoms with Gasteiger partial charge in [0.05, 0.1) is 17.9 Å². The van der Waals surface area contributed by atoms with Crippen molar-refractivity contribution in [3.05, 3.63) is 36.5 Å². The maximum atomic E-state index is 12.4. The Balaban J connectivity index is 4.06. The van der Waals surface area contributed by atoms with Crippen molar-refractivity contribution in [3.8, 4) is 0 Å². The van der Waals surface area contributed by atoms with Crippen molar-refractivity contribution in [2.24, 2.45) is 0 Å². The molecule has 2 unspecified atom stereocenters. The summed E-state index contributed by atoms with van der Waals surface area (Å²) in [5, 5.41) is 13.1. The molecular formula is C33H61NO5S. The van der Waals surface area contributed by atoms with E-state index in [1.165, 1.54) is 70.3 Å². The Labute approximate surface area is 246 Å². The van der Waals surface area contributed by atoms with E-state index in [0.29, 0.717) is 6.42 Å². The van der Waals surface area contributed by atoms with Crippen molar-refractivity contribution in [1.82, 2.24) is 5.32 Å². The van der Waals surface area contributed by atoms with Gasteiger partial charge < -0.3 is 10.4 Å². The van der Waals surface area contributed by atoms with Gasteiger partial charge in [0.15, 0.2) is 0 Å². The first-order chi connectivity index (χ1) is 19.3. The molecule has 0 aliphatic rings. The molecule has 3 N–H and O–H groups in total. The van der Waals surface area contributed by atoms with Gasteiger partial charge >= 0.3 is 0 Å². The van der Waals surface area contributed by atoms with Crippen LogP contribution in [0.1, 0.15) is 149 Å². The lowest BCUT2D eigenvalue weighted by Crippen LogP contribution is -2.46. The van der Waals surface area contributed by atoms with Gasteiger partial charge in [-0.25, -0.2) is 0 Å². The smallest absolute Gasteiger partial charge is 0.267 e. The minimum atomic E-state index is -4.33. The number of carbonyl (C=O) groups is 1. The highest BCUT2D eigenvalue weighted by Crippen LogP contribution is 2.11. The number of hydrogen-bond acceptors (Lipinski definition) is 4. The number of rotatable bonds is 28. The van der Waals surface area contributed by atoms with E-state index in [1.54, 1.807) is 0 Å². The van der Waals surface area contributed by atoms with Crippen molar-refractivity contribution >= 4 is 16.0 Å². The Morgan fingerprint density at radius 1 is 0.675 bits per heavy atom. The standard InChI is InChI=1S/C33H61NO5S/c1-3-5-7-9-11-13-14-15-16-17-18-19-21-23-25-27-29-33(36)34-31(30-40(37,38)39)32(35)28-26-24-22-20-12-10-8-6-4-2/h13-14,16-17,26,28,31-32,35H,3-12,15,18-25,27,29-30H2,1-2H3,(H,34,36)(H,37,38,39)/b14-13-,17-16-,28-26+. The van der Waals surface area contributed by atoms with Gasteiger partial charge in [0.25, 0.3) is 10.1 Å². The molecule has 0 heterocycles. The van der Waals surface area contributed by atoms with Crippen molar-refractivity contribution in [2.45, 2.75) is 161 Å². The van der Waals surface area contributed by atoms with Crippen LogP contribution in [0.25, 0.3) is 0 Å². The average Bonchev–Trinajstić information content (AvgIpc) is 2.90. The number of allylic oxidation sites excluding steroid dienone is 5. The highest BCUT2D eigenvalue weighted by Gasteiger charge is 2.24. The summed E-state index contributed by atoms with van der Waals surface area (Å²) in [6.07, 6.45) is 34.1. The van der Waals surface area contributed by atoms with E-state index in [2.05, 4.69) is 43.5 Å². The Morgan fingerprint density at radius 2 is 1.12 bits per heavy atom. The topological polar surface area (TPSA) is 104 Å². The van der Waals surface area contributed by atoms with Crippen molar-refractivity contribution in [3.63, 3.8) is 0 Å². The minimum Gasteiger partial charge on any atom is -0.387 e. The molecular weight excluding hydrogens is 522 g/mol. The molecule has 0 rings (SSSR count). The van der Waals surface area contributed by atoms with Crippen LogP contribution in [0.2, 0.25) is 0 Å². The van der Waals surface area contributed by atoms with Gasteiger partial charge in [-0.3, -0.25) is 9.35 Å². The molecule has 1 amide bonds. The SMILES string of the molecule is CCCCCC/C=C\C/C=C\CCCCCCCC(=O)NC(CS(=O)(=O)O)C(O)/C=C/CCCCCCCCC. The lowest BCUT2D eigenvalue weighted by atomic mass is 10.1. The number of nitrogens with one attached hydrogen (secondary N) is 1. The maximum absolute atomic E-state index is 12.4. The quantitative estimate of drug-likeness (QED) is 0.0486. The van der Waals surface area contributed by atoms with Crippen molar-refractivity contribution < 1.29 is 22.9 Å². The summed E-state index contributed by atoms with van der Waals surface area (Å²) in [7, 11) is -4.33. The third-order valence-electron chi connectivity index (χ3n) is 7.06. The molecule has 0 spiro atoms. The third-order valence-corrected chi connectivity index (χ3v) is 7.84. The van der Waals surface area contributed by atoms with Crippen molar-refractivity contribution in [1.29, 1.82) is 0 Å². The van der Waals surface area contributed by atoms with E-state index >= 15 is 0 Å². The summed E-state index contributed by atoms with van der Waals surface area (Å²) >= 11 is 0. The molecule has 0 aliphatic carbocycles. The zero-order chi connectivity index (χ0) is 29.7. The summed E-state index contributed by atoms with van der Waals surface area (Å²) in [4.78, 5) is 12.4. The molecule has 0 aliphatic heterocycles. The average molecular weight is 584 g/mol. The van der Waals surface area contributed by atoms with Crippen LogP contribution in [-0.2, 0) is 14.9 Å². The second-order valence-electron chi connectivity index (χ2n) is 11.1. The summed E-state index contributed by atoms with van der Waals surface area (Å²) in [5.74, 6) is -1.00.